The predicted molar refractivity (Wildman–Crippen MR) is 111 cm³/mol. The van der Waals surface area contributed by atoms with Crippen molar-refractivity contribution in [3.8, 4) is 17.0 Å². The van der Waals surface area contributed by atoms with Crippen molar-refractivity contribution in [2.45, 2.75) is 37.8 Å². The summed E-state index contributed by atoms with van der Waals surface area (Å²) in [6, 6.07) is 15.7. The number of nitrogens with zero attached hydrogens (tertiary/aromatic N) is 1. The summed E-state index contributed by atoms with van der Waals surface area (Å²) >= 11 is 6.01. The summed E-state index contributed by atoms with van der Waals surface area (Å²) in [5, 5.41) is 15.6. The standard InChI is InChI=1S/C22H23ClN2O2/c1-27-17-12-15-8-11-18(14-6-9-16(23)10-7-14)25-22(15)20(13-17)24-19-4-2-3-5-21(19)26/h6-13,19,21,24,26H,2-5H2,1H3/t19-,21+/m0/s1. The Bertz CT molecular complexity index is 943. The first-order chi connectivity index (χ1) is 13.1. The molecule has 1 aromatic heterocycles. The Morgan fingerprint density at radius 1 is 1.07 bits per heavy atom. The zero-order valence-corrected chi connectivity index (χ0v) is 16.0. The number of nitrogens with one attached hydrogen (secondary N) is 1. The van der Waals surface area contributed by atoms with E-state index in [1.165, 1.54) is 0 Å². The van der Waals surface area contributed by atoms with Gasteiger partial charge < -0.3 is 15.2 Å². The zero-order chi connectivity index (χ0) is 18.8. The molecule has 2 N–H and O–H groups in total. The Labute approximate surface area is 164 Å². The van der Waals surface area contributed by atoms with Crippen LogP contribution in [0.15, 0.2) is 48.5 Å². The molecule has 27 heavy (non-hydrogen) atoms. The van der Waals surface area contributed by atoms with Crippen LogP contribution in [-0.2, 0) is 0 Å². The quantitative estimate of drug-likeness (QED) is 0.644. The third-order valence-electron chi connectivity index (χ3n) is 5.21. The Kier molecular flexibility index (Phi) is 5.19. The molecule has 1 aliphatic rings. The molecule has 0 bridgehead atoms. The van der Waals surface area contributed by atoms with E-state index in [0.717, 1.165) is 59.3 Å². The third kappa shape index (κ3) is 3.87. The van der Waals surface area contributed by atoms with Crippen LogP contribution < -0.4 is 10.1 Å². The molecule has 0 amide bonds. The number of hydrogen-bond acceptors (Lipinski definition) is 4. The van der Waals surface area contributed by atoms with Gasteiger partial charge in [-0.15, -0.1) is 0 Å². The highest BCUT2D eigenvalue weighted by atomic mass is 35.5. The van der Waals surface area contributed by atoms with Gasteiger partial charge in [0, 0.05) is 22.0 Å². The van der Waals surface area contributed by atoms with E-state index < -0.39 is 0 Å². The lowest BCUT2D eigenvalue weighted by Crippen LogP contribution is -2.36. The van der Waals surface area contributed by atoms with Crippen molar-refractivity contribution < 1.29 is 9.84 Å². The van der Waals surface area contributed by atoms with Crippen LogP contribution in [-0.4, -0.2) is 29.3 Å². The highest BCUT2D eigenvalue weighted by molar-refractivity contribution is 6.30. The average molecular weight is 383 g/mol. The van der Waals surface area contributed by atoms with Crippen molar-refractivity contribution in [3.05, 3.63) is 53.6 Å². The number of aromatic nitrogens is 1. The fourth-order valence-corrected chi connectivity index (χ4v) is 3.82. The topological polar surface area (TPSA) is 54.4 Å². The van der Waals surface area contributed by atoms with Gasteiger partial charge in [-0.3, -0.25) is 0 Å². The average Bonchev–Trinajstić information content (AvgIpc) is 2.70. The highest BCUT2D eigenvalue weighted by Gasteiger charge is 2.23. The summed E-state index contributed by atoms with van der Waals surface area (Å²) < 4.78 is 5.46. The van der Waals surface area contributed by atoms with Crippen molar-refractivity contribution >= 4 is 28.2 Å². The van der Waals surface area contributed by atoms with E-state index in [0.29, 0.717) is 5.02 Å². The van der Waals surface area contributed by atoms with Gasteiger partial charge in [-0.1, -0.05) is 42.6 Å². The van der Waals surface area contributed by atoms with Gasteiger partial charge in [-0.2, -0.15) is 0 Å². The molecule has 1 fully saturated rings. The maximum Gasteiger partial charge on any atom is 0.121 e. The second-order valence-electron chi connectivity index (χ2n) is 7.05. The molecule has 0 aliphatic heterocycles. The van der Waals surface area contributed by atoms with Gasteiger partial charge >= 0.3 is 0 Å². The number of hydrogen-bond donors (Lipinski definition) is 2. The molecule has 1 heterocycles. The molecule has 0 saturated heterocycles. The maximum atomic E-state index is 10.4. The first-order valence-corrected chi connectivity index (χ1v) is 9.71. The van der Waals surface area contributed by atoms with Gasteiger partial charge in [0.05, 0.1) is 36.2 Å². The van der Waals surface area contributed by atoms with Crippen LogP contribution in [0.2, 0.25) is 5.02 Å². The second-order valence-corrected chi connectivity index (χ2v) is 7.49. The van der Waals surface area contributed by atoms with Gasteiger partial charge in [0.1, 0.15) is 5.75 Å². The SMILES string of the molecule is COc1cc(N[C@H]2CCCC[C@H]2O)c2nc(-c3ccc(Cl)cc3)ccc2c1. The molecule has 1 saturated carbocycles. The van der Waals surface area contributed by atoms with Gasteiger partial charge in [0.15, 0.2) is 0 Å². The van der Waals surface area contributed by atoms with Crippen LogP contribution >= 0.6 is 11.6 Å². The third-order valence-corrected chi connectivity index (χ3v) is 5.46. The molecule has 0 unspecified atom stereocenters. The molecule has 2 aromatic carbocycles. The van der Waals surface area contributed by atoms with Crippen LogP contribution in [0.3, 0.4) is 0 Å². The van der Waals surface area contributed by atoms with Gasteiger partial charge in [0.25, 0.3) is 0 Å². The van der Waals surface area contributed by atoms with Gasteiger partial charge in [-0.05, 0) is 37.1 Å². The van der Waals surface area contributed by atoms with Crippen LogP contribution in [0.5, 0.6) is 5.75 Å². The number of rotatable bonds is 4. The molecular formula is C22H23ClN2O2. The zero-order valence-electron chi connectivity index (χ0n) is 15.3. The normalized spacial score (nSPS) is 19.8. The van der Waals surface area contributed by atoms with Gasteiger partial charge in [0.2, 0.25) is 0 Å². The lowest BCUT2D eigenvalue weighted by Gasteiger charge is -2.29. The van der Waals surface area contributed by atoms with Crippen LogP contribution in [0.4, 0.5) is 5.69 Å². The lowest BCUT2D eigenvalue weighted by molar-refractivity contribution is 0.116. The molecule has 3 aromatic rings. The molecule has 4 nitrogen and oxygen atoms in total. The summed E-state index contributed by atoms with van der Waals surface area (Å²) in [5.74, 6) is 0.774. The number of anilines is 1. The largest absolute Gasteiger partial charge is 0.497 e. The van der Waals surface area contributed by atoms with Crippen molar-refractivity contribution in [3.63, 3.8) is 0 Å². The van der Waals surface area contributed by atoms with E-state index >= 15 is 0 Å². The number of ether oxygens (including phenoxy) is 1. The molecule has 1 aliphatic carbocycles. The molecular weight excluding hydrogens is 360 g/mol. The van der Waals surface area contributed by atoms with Crippen LogP contribution in [0, 0.1) is 0 Å². The molecule has 4 rings (SSSR count). The number of methoxy groups -OCH3 is 1. The van der Waals surface area contributed by atoms with E-state index in [1.807, 2.05) is 42.5 Å². The Morgan fingerprint density at radius 3 is 2.59 bits per heavy atom. The van der Waals surface area contributed by atoms with E-state index in [2.05, 4.69) is 11.4 Å². The first kappa shape index (κ1) is 18.1. The fourth-order valence-electron chi connectivity index (χ4n) is 3.70. The van der Waals surface area contributed by atoms with E-state index in [1.54, 1.807) is 7.11 Å². The van der Waals surface area contributed by atoms with E-state index in [-0.39, 0.29) is 12.1 Å². The van der Waals surface area contributed by atoms with Crippen LogP contribution in [0.1, 0.15) is 25.7 Å². The number of pyridine rings is 1. The van der Waals surface area contributed by atoms with Crippen molar-refractivity contribution in [1.82, 2.24) is 4.98 Å². The van der Waals surface area contributed by atoms with Crippen LogP contribution in [0.25, 0.3) is 22.2 Å². The number of benzene rings is 2. The summed E-state index contributed by atoms with van der Waals surface area (Å²) in [5.41, 5.74) is 3.67. The predicted octanol–water partition coefficient (Wildman–Crippen LogP) is 5.28. The van der Waals surface area contributed by atoms with Crippen molar-refractivity contribution in [2.75, 3.05) is 12.4 Å². The van der Waals surface area contributed by atoms with Gasteiger partial charge in [-0.25, -0.2) is 4.98 Å². The Balaban J connectivity index is 1.77. The minimum atomic E-state index is -0.334. The maximum absolute atomic E-state index is 10.4. The number of aliphatic hydroxyl groups is 1. The number of halogens is 1. The summed E-state index contributed by atoms with van der Waals surface area (Å²) in [6.45, 7) is 0. The molecule has 0 spiro atoms. The molecule has 140 valence electrons. The van der Waals surface area contributed by atoms with Crippen molar-refractivity contribution in [1.29, 1.82) is 0 Å². The fraction of sp³-hybridized carbons (Fsp3) is 0.318. The lowest BCUT2D eigenvalue weighted by atomic mass is 9.92. The van der Waals surface area contributed by atoms with E-state index in [9.17, 15) is 5.11 Å². The molecule has 5 heteroatoms. The Morgan fingerprint density at radius 2 is 1.85 bits per heavy atom. The second kappa shape index (κ2) is 7.75. The van der Waals surface area contributed by atoms with Crippen molar-refractivity contribution in [2.24, 2.45) is 0 Å². The highest BCUT2D eigenvalue weighted by Crippen LogP contribution is 2.33. The summed E-state index contributed by atoms with van der Waals surface area (Å²) in [6.07, 6.45) is 3.66. The number of fused-ring (bicyclic) bond motifs is 1. The monoisotopic (exact) mass is 382 g/mol. The molecule has 2 atom stereocenters. The number of aliphatic hydroxyl groups excluding tert-OH is 1. The summed E-state index contributed by atoms with van der Waals surface area (Å²) in [4.78, 5) is 4.90. The summed E-state index contributed by atoms with van der Waals surface area (Å²) in [7, 11) is 1.66. The Hall–Kier alpha value is -2.30. The minimum absolute atomic E-state index is 0.0371. The first-order valence-electron chi connectivity index (χ1n) is 9.33. The molecule has 0 radical (unpaired) electrons. The minimum Gasteiger partial charge on any atom is -0.497 e. The smallest absolute Gasteiger partial charge is 0.121 e. The van der Waals surface area contributed by atoms with E-state index in [4.69, 9.17) is 21.3 Å².